The average Bonchev–Trinajstić information content (AvgIpc) is 3.03. The zero-order chi connectivity index (χ0) is 12.7. The van der Waals surface area contributed by atoms with Crippen LogP contribution in [0, 0.1) is 11.8 Å². The smallest absolute Gasteiger partial charge is 0.378 e. The minimum Gasteiger partial charge on any atom is -0.460 e. The first-order valence-corrected chi connectivity index (χ1v) is 6.77. The standard InChI is InChI=1S/C13H19N3O2/c1-3-18-13(17)11-14-12(16(2)15-11)10-7-8-4-5-9(10)6-8/h8-10H,3-7H2,1-2H3. The van der Waals surface area contributed by atoms with Gasteiger partial charge in [-0.2, -0.15) is 0 Å². The van der Waals surface area contributed by atoms with Crippen LogP contribution in [-0.4, -0.2) is 27.3 Å². The molecular formula is C13H19N3O2. The minimum atomic E-state index is -0.414. The van der Waals surface area contributed by atoms with Crippen LogP contribution in [0.1, 0.15) is 55.0 Å². The fourth-order valence-electron chi connectivity index (χ4n) is 3.56. The second-order valence-electron chi connectivity index (χ2n) is 5.42. The fourth-order valence-corrected chi connectivity index (χ4v) is 3.56. The van der Waals surface area contributed by atoms with Gasteiger partial charge in [-0.15, -0.1) is 5.10 Å². The fraction of sp³-hybridized carbons (Fsp3) is 0.769. The molecule has 2 bridgehead atoms. The Hall–Kier alpha value is -1.39. The molecular weight excluding hydrogens is 230 g/mol. The van der Waals surface area contributed by atoms with Crippen molar-refractivity contribution in [2.75, 3.05) is 6.61 Å². The maximum Gasteiger partial charge on any atom is 0.378 e. The Morgan fingerprint density at radius 2 is 2.28 bits per heavy atom. The summed E-state index contributed by atoms with van der Waals surface area (Å²) in [5.74, 6) is 2.85. The molecule has 3 rings (SSSR count). The van der Waals surface area contributed by atoms with E-state index < -0.39 is 5.97 Å². The molecule has 0 saturated heterocycles. The van der Waals surface area contributed by atoms with E-state index in [0.717, 1.165) is 17.7 Å². The number of esters is 1. The summed E-state index contributed by atoms with van der Waals surface area (Å²) in [5, 5.41) is 4.19. The van der Waals surface area contributed by atoms with Crippen molar-refractivity contribution < 1.29 is 9.53 Å². The van der Waals surface area contributed by atoms with Crippen molar-refractivity contribution in [1.29, 1.82) is 0 Å². The van der Waals surface area contributed by atoms with Gasteiger partial charge >= 0.3 is 5.97 Å². The third-order valence-corrected chi connectivity index (χ3v) is 4.32. The van der Waals surface area contributed by atoms with Crippen molar-refractivity contribution in [3.63, 3.8) is 0 Å². The summed E-state index contributed by atoms with van der Waals surface area (Å²) in [4.78, 5) is 16.0. The number of hydrogen-bond acceptors (Lipinski definition) is 4. The van der Waals surface area contributed by atoms with Gasteiger partial charge in [0.25, 0.3) is 5.82 Å². The summed E-state index contributed by atoms with van der Waals surface area (Å²) < 4.78 is 6.71. The van der Waals surface area contributed by atoms with Crippen molar-refractivity contribution in [2.24, 2.45) is 18.9 Å². The van der Waals surface area contributed by atoms with Gasteiger partial charge < -0.3 is 4.74 Å². The highest BCUT2D eigenvalue weighted by Crippen LogP contribution is 2.52. The van der Waals surface area contributed by atoms with Crippen LogP contribution in [0.4, 0.5) is 0 Å². The molecule has 0 aliphatic heterocycles. The van der Waals surface area contributed by atoms with Crippen LogP contribution in [0.2, 0.25) is 0 Å². The summed E-state index contributed by atoms with van der Waals surface area (Å²) in [6.07, 6.45) is 5.20. The SMILES string of the molecule is CCOC(=O)c1nc(C2CC3CCC2C3)n(C)n1. The molecule has 2 saturated carbocycles. The van der Waals surface area contributed by atoms with Crippen LogP contribution in [-0.2, 0) is 11.8 Å². The van der Waals surface area contributed by atoms with E-state index in [4.69, 9.17) is 4.74 Å². The molecule has 0 amide bonds. The van der Waals surface area contributed by atoms with Gasteiger partial charge in [-0.3, -0.25) is 4.68 Å². The van der Waals surface area contributed by atoms with Crippen molar-refractivity contribution in [3.05, 3.63) is 11.6 Å². The molecule has 3 unspecified atom stereocenters. The molecule has 2 aliphatic carbocycles. The van der Waals surface area contributed by atoms with Crippen LogP contribution in [0.5, 0.6) is 0 Å². The highest BCUT2D eigenvalue weighted by Gasteiger charge is 2.42. The number of ether oxygens (including phenoxy) is 1. The molecule has 0 aromatic carbocycles. The molecule has 0 spiro atoms. The van der Waals surface area contributed by atoms with Crippen molar-refractivity contribution >= 4 is 5.97 Å². The van der Waals surface area contributed by atoms with Gasteiger partial charge in [0.1, 0.15) is 5.82 Å². The topological polar surface area (TPSA) is 57.0 Å². The quantitative estimate of drug-likeness (QED) is 0.768. The number of carbonyl (C=O) groups excluding carboxylic acids is 1. The molecule has 5 heteroatoms. The Balaban J connectivity index is 1.82. The molecule has 0 N–H and O–H groups in total. The lowest BCUT2D eigenvalue weighted by Crippen LogP contribution is -2.13. The predicted molar refractivity (Wildman–Crippen MR) is 65.1 cm³/mol. The Labute approximate surface area is 107 Å². The number of aryl methyl sites for hydroxylation is 1. The number of carbonyl (C=O) groups is 1. The third kappa shape index (κ3) is 1.82. The summed E-state index contributed by atoms with van der Waals surface area (Å²) in [7, 11) is 1.87. The summed E-state index contributed by atoms with van der Waals surface area (Å²) >= 11 is 0. The third-order valence-electron chi connectivity index (χ3n) is 4.32. The van der Waals surface area contributed by atoms with Gasteiger partial charge in [-0.05, 0) is 38.0 Å². The van der Waals surface area contributed by atoms with Crippen molar-refractivity contribution in [3.8, 4) is 0 Å². The molecule has 2 fully saturated rings. The number of hydrogen-bond donors (Lipinski definition) is 0. The van der Waals surface area contributed by atoms with Gasteiger partial charge in [0, 0.05) is 13.0 Å². The highest BCUT2D eigenvalue weighted by atomic mass is 16.5. The Kier molecular flexibility index (Phi) is 2.84. The largest absolute Gasteiger partial charge is 0.460 e. The number of rotatable bonds is 3. The van der Waals surface area contributed by atoms with E-state index in [-0.39, 0.29) is 5.82 Å². The van der Waals surface area contributed by atoms with E-state index >= 15 is 0 Å². The lowest BCUT2D eigenvalue weighted by molar-refractivity contribution is 0.0511. The lowest BCUT2D eigenvalue weighted by atomic mass is 9.88. The maximum atomic E-state index is 11.6. The Morgan fingerprint density at radius 3 is 2.89 bits per heavy atom. The first-order chi connectivity index (χ1) is 8.69. The van der Waals surface area contributed by atoms with Crippen molar-refractivity contribution in [1.82, 2.24) is 14.8 Å². The molecule has 5 nitrogen and oxygen atoms in total. The highest BCUT2D eigenvalue weighted by molar-refractivity contribution is 5.85. The van der Waals surface area contributed by atoms with Gasteiger partial charge in [0.05, 0.1) is 6.61 Å². The Morgan fingerprint density at radius 1 is 1.44 bits per heavy atom. The van der Waals surface area contributed by atoms with E-state index in [2.05, 4.69) is 10.1 Å². The zero-order valence-electron chi connectivity index (χ0n) is 10.9. The monoisotopic (exact) mass is 249 g/mol. The number of fused-ring (bicyclic) bond motifs is 2. The van der Waals surface area contributed by atoms with Gasteiger partial charge in [0.15, 0.2) is 0 Å². The van der Waals surface area contributed by atoms with Gasteiger partial charge in [-0.25, -0.2) is 9.78 Å². The molecule has 0 radical (unpaired) electrons. The van der Waals surface area contributed by atoms with Crippen LogP contribution < -0.4 is 0 Å². The van der Waals surface area contributed by atoms with Crippen LogP contribution in [0.25, 0.3) is 0 Å². The normalized spacial score (nSPS) is 29.8. The molecule has 1 heterocycles. The molecule has 1 aromatic heterocycles. The van der Waals surface area contributed by atoms with E-state index in [0.29, 0.717) is 12.5 Å². The van der Waals surface area contributed by atoms with E-state index in [9.17, 15) is 4.79 Å². The number of nitrogens with zero attached hydrogens (tertiary/aromatic N) is 3. The molecule has 98 valence electrons. The first-order valence-electron chi connectivity index (χ1n) is 6.77. The lowest BCUT2D eigenvalue weighted by Gasteiger charge is -2.20. The average molecular weight is 249 g/mol. The number of aromatic nitrogens is 3. The minimum absolute atomic E-state index is 0.206. The second-order valence-corrected chi connectivity index (χ2v) is 5.42. The van der Waals surface area contributed by atoms with E-state index in [1.165, 1.54) is 25.7 Å². The maximum absolute atomic E-state index is 11.6. The van der Waals surface area contributed by atoms with E-state index in [1.807, 2.05) is 7.05 Å². The second kappa shape index (κ2) is 4.37. The zero-order valence-corrected chi connectivity index (χ0v) is 10.9. The first kappa shape index (κ1) is 11.7. The molecule has 18 heavy (non-hydrogen) atoms. The molecule has 3 atom stereocenters. The summed E-state index contributed by atoms with van der Waals surface area (Å²) in [6, 6.07) is 0. The molecule has 2 aliphatic rings. The van der Waals surface area contributed by atoms with E-state index in [1.54, 1.807) is 11.6 Å². The van der Waals surface area contributed by atoms with Gasteiger partial charge in [-0.1, -0.05) is 6.42 Å². The Bertz CT molecular complexity index is 469. The summed E-state index contributed by atoms with van der Waals surface area (Å²) in [6.45, 7) is 2.15. The van der Waals surface area contributed by atoms with Crippen molar-refractivity contribution in [2.45, 2.75) is 38.5 Å². The summed E-state index contributed by atoms with van der Waals surface area (Å²) in [5.41, 5.74) is 0. The molecule has 1 aromatic rings. The van der Waals surface area contributed by atoms with Crippen LogP contribution >= 0.6 is 0 Å². The van der Waals surface area contributed by atoms with Gasteiger partial charge in [0.2, 0.25) is 0 Å². The van der Waals surface area contributed by atoms with Crippen LogP contribution in [0.3, 0.4) is 0 Å². The van der Waals surface area contributed by atoms with Crippen LogP contribution in [0.15, 0.2) is 0 Å². The predicted octanol–water partition coefficient (Wildman–Crippen LogP) is 1.90.